The second-order valence-electron chi connectivity index (χ2n) is 38.7. The number of rotatable bonds is 0. The number of aromatic nitrogens is 20. The molecule has 0 spiro atoms. The maximum atomic E-state index is 4.65. The molecule has 0 saturated heterocycles. The van der Waals surface area contributed by atoms with Crippen LogP contribution in [0.25, 0.3) is 0 Å². The third-order valence-electron chi connectivity index (χ3n) is 25.0. The number of hydrogen-bond acceptors (Lipinski definition) is 38. The summed E-state index contributed by atoms with van der Waals surface area (Å²) in [5.41, 5.74) is 3.68. The molecule has 0 saturated carbocycles. The SMILES string of the molecule is CC1(C)C2=NC(=Nc3cnc([n-]3)C(C)(C)C3=NC(=Nc4cnc1[n-]4)C=N3)C=N2.CC1(C)C2=NC(=Nc3cnc([n-]3)C(C)(C)C3=NC(=Nc4cnc1[n-]4)N=C3)N=C2.CC1(C)C2=NC(=Nc3ncc([n-]3)C(C)(C)C3=NC(=Nc4ncc1[n-]4)C=C3)C=C2.CC1(C)C2=NC(=Nc3ncc([n-]3)C(C)(C)C3=NC(=Nc4ncc1[n-]4)C=N3)C=N2.CC1(C)C2=NC(=Nc3ncc([n-]3)C(C)(C)C3=NC(=Nc4ncc1[n-]4)N=C3)N=C2.[Pt+2].[Pt+2].[Pt+2].[Pt+2].[Pt+2]. The predicted molar refractivity (Wildman–Crippen MR) is 537 cm³/mol. The fourth-order valence-corrected chi connectivity index (χ4v) is 15.2. The minimum absolute atomic E-state index is 0. The molecular formula is C92H82N48Pt5. The monoisotopic (exact) mass is 2830 g/mol. The molecule has 145 heavy (non-hydrogen) atoms. The van der Waals surface area contributed by atoms with E-state index in [2.05, 4.69) is 267 Å². The number of hydrogen-bond donors (Lipinski definition) is 0. The molecule has 0 radical (unpaired) electrons. The Kier molecular flexibility index (Phi) is 27.7. The topological polar surface area (TPSA) is 616 Å². The van der Waals surface area contributed by atoms with Crippen LogP contribution in [0.3, 0.4) is 0 Å². The van der Waals surface area contributed by atoms with Gasteiger partial charge in [-0.05, 0) is 271 Å². The van der Waals surface area contributed by atoms with E-state index < -0.39 is 54.1 Å². The molecule has 10 aromatic heterocycles. The maximum absolute atomic E-state index is 4.65. The van der Waals surface area contributed by atoms with Gasteiger partial charge in [0.2, 0.25) is 0 Å². The van der Waals surface area contributed by atoms with Crippen LogP contribution >= 0.6 is 0 Å². The van der Waals surface area contributed by atoms with E-state index >= 15 is 0 Å². The molecule has 0 fully saturated rings. The summed E-state index contributed by atoms with van der Waals surface area (Å²) in [5, 5.41) is 0. The van der Waals surface area contributed by atoms with Crippen molar-refractivity contribution in [1.29, 1.82) is 0 Å². The van der Waals surface area contributed by atoms with E-state index in [9.17, 15) is 0 Å². The Bertz CT molecular complexity index is 6450. The minimum Gasteiger partial charge on any atom is -0.371 e. The van der Waals surface area contributed by atoms with Crippen LogP contribution in [0.15, 0.2) is 226 Å². The quantitative estimate of drug-likeness (QED) is 0.136. The van der Waals surface area contributed by atoms with Crippen molar-refractivity contribution < 1.29 is 105 Å². The van der Waals surface area contributed by atoms with Crippen molar-refractivity contribution in [3.05, 3.63) is 144 Å². The van der Waals surface area contributed by atoms with Crippen molar-refractivity contribution in [2.45, 2.75) is 193 Å². The molecule has 53 heteroatoms. The molecule has 25 rings (SSSR count). The van der Waals surface area contributed by atoms with Crippen LogP contribution in [-0.2, 0) is 159 Å². The molecule has 0 aliphatic carbocycles. The summed E-state index contributed by atoms with van der Waals surface area (Å²) in [6, 6.07) is 0. The predicted octanol–water partition coefficient (Wildman–Crippen LogP) is 9.47. The van der Waals surface area contributed by atoms with Crippen LogP contribution in [0, 0.1) is 0 Å². The largest absolute Gasteiger partial charge is 2.00 e. The van der Waals surface area contributed by atoms with E-state index in [-0.39, 0.29) is 105 Å². The molecule has 0 aromatic carbocycles. The Hall–Kier alpha value is -14.2. The normalized spacial score (nSPS) is 20.6. The molecule has 0 amide bonds. The third-order valence-corrected chi connectivity index (χ3v) is 25.0. The van der Waals surface area contributed by atoms with Crippen molar-refractivity contribution in [1.82, 2.24) is 99.7 Å². The summed E-state index contributed by atoms with van der Waals surface area (Å²) < 4.78 is 0. The molecule has 0 atom stereocenters. The molecule has 25 heterocycles. The van der Waals surface area contributed by atoms with Crippen molar-refractivity contribution in [3.63, 3.8) is 0 Å². The Labute approximate surface area is 898 Å². The van der Waals surface area contributed by atoms with Gasteiger partial charge >= 0.3 is 105 Å². The molecule has 40 bridgehead atoms. The summed E-state index contributed by atoms with van der Waals surface area (Å²) >= 11 is 0. The number of aliphatic imine (C=N–C) groups is 28. The van der Waals surface area contributed by atoms with Gasteiger partial charge in [-0.2, -0.15) is 0 Å². The van der Waals surface area contributed by atoms with Gasteiger partial charge < -0.3 is 150 Å². The number of amidine groups is 10. The number of allylic oxidation sites excluding steroid dienone is 2. The van der Waals surface area contributed by atoms with Crippen molar-refractivity contribution in [2.75, 3.05) is 0 Å². The first-order chi connectivity index (χ1) is 66.6. The Morgan fingerprint density at radius 2 is 0.393 bits per heavy atom. The number of nitrogens with zero attached hydrogens (tertiary/aromatic N) is 48. The van der Waals surface area contributed by atoms with Crippen molar-refractivity contribution in [2.24, 2.45) is 140 Å². The molecule has 0 unspecified atom stereocenters. The van der Waals surface area contributed by atoms with Gasteiger partial charge in [0.1, 0.15) is 46.7 Å². The third kappa shape index (κ3) is 20.0. The van der Waals surface area contributed by atoms with E-state index in [0.29, 0.717) is 187 Å². The van der Waals surface area contributed by atoms with E-state index in [1.807, 2.05) is 135 Å². The smallest absolute Gasteiger partial charge is 0.371 e. The zero-order chi connectivity index (χ0) is 97.6. The molecule has 0 N–H and O–H groups in total. The Morgan fingerprint density at radius 1 is 0.166 bits per heavy atom. The molecular weight excluding hydrogens is 2750 g/mol. The van der Waals surface area contributed by atoms with Gasteiger partial charge in [0.05, 0.1) is 117 Å². The first-order valence-corrected chi connectivity index (χ1v) is 44.1. The fourth-order valence-electron chi connectivity index (χ4n) is 15.2. The van der Waals surface area contributed by atoms with Crippen LogP contribution < -0.4 is 49.8 Å². The van der Waals surface area contributed by atoms with Crippen LogP contribution in [0.2, 0.25) is 0 Å². The summed E-state index contributed by atoms with van der Waals surface area (Å²) in [5.74, 6) is 12.8. The van der Waals surface area contributed by atoms with Gasteiger partial charge in [-0.25, -0.2) is 89.9 Å². The van der Waals surface area contributed by atoms with Crippen LogP contribution in [0.4, 0.5) is 59.0 Å². The number of imidazole rings is 10. The van der Waals surface area contributed by atoms with E-state index in [4.69, 9.17) is 0 Å². The number of fused-ring (bicyclic) bond motifs is 30. The first-order valence-electron chi connectivity index (χ1n) is 44.1. The molecule has 10 aromatic rings. The van der Waals surface area contributed by atoms with E-state index in [1.54, 1.807) is 112 Å². The zero-order valence-electron chi connectivity index (χ0n) is 80.7. The fraction of sp³-hybridized carbons (Fsp3) is 0.326. The number of guanidine groups is 4. The van der Waals surface area contributed by atoms with Crippen LogP contribution in [-0.4, -0.2) is 216 Å². The van der Waals surface area contributed by atoms with Crippen molar-refractivity contribution in [3.8, 4) is 0 Å². The minimum atomic E-state index is -0.605. The van der Waals surface area contributed by atoms with Gasteiger partial charge in [0.15, 0.2) is 23.8 Å². The standard InChI is InChI=1S/C20H18N8.4C18H16N10.5Pt/c1-19(2)11-5-7-15(23-11)27-18-22-10-14(26-18)20(3,4)12-6-8-16(24-12)28-17-21-9-13(19)25-17;1-17(2)13-19-5-9(25-13)23-11-7-21-15(27-11)18(3,4)16-22-8-12(28-16)24-10-6-20-14(17)26-10;2*1-17(2)9-5-21-15(23-9)28-12-8-20-14(26-12)18(3,4)10-6-22-16(24-10)27-11-7-19-13(17)25-11;1-17(2)9-5-19-13(23-9)27-15-21-7-11(25-15)18(3,4)12-8-22-16(26-12)28-14-20-6-10(17)24-14;;;;;/h5-10H,1-4H3;4*5-8H,1-4H3;;;;;/q5*-2;5*+2. The van der Waals surface area contributed by atoms with Crippen LogP contribution in [0.5, 0.6) is 0 Å². The maximum Gasteiger partial charge on any atom is 2.00 e. The molecule has 48 nitrogen and oxygen atoms in total. The zero-order valence-corrected chi connectivity index (χ0v) is 92.1. The molecule has 15 aliphatic heterocycles. The average Bonchev–Trinajstić information content (AvgIpc) is 1.64. The van der Waals surface area contributed by atoms with Gasteiger partial charge in [0.25, 0.3) is 0 Å². The van der Waals surface area contributed by atoms with Gasteiger partial charge in [-0.15, -0.1) is 0 Å². The summed E-state index contributed by atoms with van der Waals surface area (Å²) in [4.78, 5) is 214. The Morgan fingerprint density at radius 3 is 0.690 bits per heavy atom. The molecule has 740 valence electrons. The average molecular weight is 2840 g/mol. The van der Waals surface area contributed by atoms with Crippen LogP contribution in [0.1, 0.15) is 196 Å². The van der Waals surface area contributed by atoms with E-state index in [1.165, 1.54) is 0 Å². The van der Waals surface area contributed by atoms with Gasteiger partial charge in [0, 0.05) is 103 Å². The first kappa shape index (κ1) is 104. The summed E-state index contributed by atoms with van der Waals surface area (Å²) in [6.45, 7) is 39.8. The molecule has 15 aliphatic rings. The second kappa shape index (κ2) is 38.7. The van der Waals surface area contributed by atoms with Gasteiger partial charge in [-0.1, -0.05) is 0 Å². The van der Waals surface area contributed by atoms with Crippen molar-refractivity contribution >= 4 is 225 Å². The summed E-state index contributed by atoms with van der Waals surface area (Å²) in [7, 11) is 0. The summed E-state index contributed by atoms with van der Waals surface area (Å²) in [6.07, 6.45) is 37.4. The Balaban J connectivity index is 0.000000129. The second-order valence-corrected chi connectivity index (χ2v) is 38.7. The van der Waals surface area contributed by atoms with Gasteiger partial charge in [-0.3, -0.25) is 0 Å². The van der Waals surface area contributed by atoms with E-state index in [0.717, 1.165) is 45.6 Å².